The fourth-order valence-electron chi connectivity index (χ4n) is 0.494. The highest BCUT2D eigenvalue weighted by Gasteiger charge is 1.92. The predicted octanol–water partition coefficient (Wildman–Crippen LogP) is 1.99. The molecule has 4 heteroatoms. The van der Waals surface area contributed by atoms with E-state index in [1.165, 1.54) is 0 Å². The number of ether oxygens (including phenoxy) is 1. The van der Waals surface area contributed by atoms with Gasteiger partial charge in [0.05, 0.1) is 13.2 Å². The maximum absolute atomic E-state index is 10.4. The van der Waals surface area contributed by atoms with Crippen LogP contribution >= 0.6 is 21.6 Å². The number of ketones is 1. The van der Waals surface area contributed by atoms with Crippen molar-refractivity contribution >= 4 is 27.4 Å². The van der Waals surface area contributed by atoms with Gasteiger partial charge in [-0.15, -0.1) is 0 Å². The Labute approximate surface area is 75.9 Å². The van der Waals surface area contributed by atoms with E-state index in [4.69, 9.17) is 4.74 Å². The molecule has 0 unspecified atom stereocenters. The van der Waals surface area contributed by atoms with Crippen molar-refractivity contribution in [2.75, 3.05) is 25.2 Å². The Morgan fingerprint density at radius 1 is 1.45 bits per heavy atom. The normalized spacial score (nSPS) is 10.0. The molecule has 0 fully saturated rings. The van der Waals surface area contributed by atoms with E-state index in [1.807, 2.05) is 6.26 Å². The van der Waals surface area contributed by atoms with Gasteiger partial charge in [0, 0.05) is 12.2 Å². The third-order valence-corrected chi connectivity index (χ3v) is 2.80. The smallest absolute Gasteiger partial charge is 0.132 e. The summed E-state index contributed by atoms with van der Waals surface area (Å²) in [6.07, 6.45) is 2.59. The van der Waals surface area contributed by atoms with E-state index in [0.29, 0.717) is 13.0 Å². The molecule has 0 aliphatic heterocycles. The van der Waals surface area contributed by atoms with Gasteiger partial charge in [-0.2, -0.15) is 0 Å². The molecule has 0 saturated carbocycles. The largest absolute Gasteiger partial charge is 0.380 e. The van der Waals surface area contributed by atoms with Crippen LogP contribution in [-0.4, -0.2) is 31.0 Å². The second kappa shape index (κ2) is 8.43. The van der Waals surface area contributed by atoms with Crippen molar-refractivity contribution in [1.82, 2.24) is 0 Å². The molecule has 0 N–H and O–H groups in total. The Morgan fingerprint density at radius 3 is 2.73 bits per heavy atom. The first-order valence-corrected chi connectivity index (χ1v) is 6.23. The SMILES string of the molecule is CSSCCOCCC(C)=O. The maximum Gasteiger partial charge on any atom is 0.132 e. The molecule has 0 aliphatic rings. The summed E-state index contributed by atoms with van der Waals surface area (Å²) in [6.45, 7) is 2.91. The van der Waals surface area contributed by atoms with Crippen molar-refractivity contribution in [3.63, 3.8) is 0 Å². The lowest BCUT2D eigenvalue weighted by Crippen LogP contribution is -2.02. The van der Waals surface area contributed by atoms with Crippen molar-refractivity contribution in [2.24, 2.45) is 0 Å². The Morgan fingerprint density at radius 2 is 2.18 bits per heavy atom. The van der Waals surface area contributed by atoms with E-state index in [1.54, 1.807) is 28.5 Å². The standard InChI is InChI=1S/C7H14O2S2/c1-7(8)3-4-9-5-6-11-10-2/h3-6H2,1-2H3. The monoisotopic (exact) mass is 194 g/mol. The third kappa shape index (κ3) is 10.3. The average molecular weight is 194 g/mol. The number of carbonyl (C=O) groups excluding carboxylic acids is 1. The first kappa shape index (κ1) is 11.3. The van der Waals surface area contributed by atoms with Crippen LogP contribution in [0, 0.1) is 0 Å². The van der Waals surface area contributed by atoms with Crippen molar-refractivity contribution in [1.29, 1.82) is 0 Å². The number of hydrogen-bond donors (Lipinski definition) is 0. The molecule has 0 heterocycles. The molecule has 0 saturated heterocycles. The number of Topliss-reactive ketones (excluding diaryl/α,β-unsaturated/α-hetero) is 1. The van der Waals surface area contributed by atoms with Gasteiger partial charge in [-0.05, 0) is 13.2 Å². The molecular weight excluding hydrogens is 180 g/mol. The lowest BCUT2D eigenvalue weighted by Gasteiger charge is -2.00. The van der Waals surface area contributed by atoms with Crippen molar-refractivity contribution < 1.29 is 9.53 Å². The summed E-state index contributed by atoms with van der Waals surface area (Å²) in [7, 11) is 3.51. The first-order chi connectivity index (χ1) is 5.27. The predicted molar refractivity (Wildman–Crippen MR) is 52.1 cm³/mol. The second-order valence-electron chi connectivity index (χ2n) is 2.05. The van der Waals surface area contributed by atoms with Crippen LogP contribution in [0.15, 0.2) is 0 Å². The van der Waals surface area contributed by atoms with Gasteiger partial charge in [-0.25, -0.2) is 0 Å². The number of carbonyl (C=O) groups is 1. The van der Waals surface area contributed by atoms with Crippen LogP contribution in [0.2, 0.25) is 0 Å². The van der Waals surface area contributed by atoms with Gasteiger partial charge < -0.3 is 4.74 Å². The molecule has 2 nitrogen and oxygen atoms in total. The topological polar surface area (TPSA) is 26.3 Å². The van der Waals surface area contributed by atoms with Gasteiger partial charge in [0.1, 0.15) is 5.78 Å². The molecule has 11 heavy (non-hydrogen) atoms. The van der Waals surface area contributed by atoms with Gasteiger partial charge in [-0.1, -0.05) is 21.6 Å². The lowest BCUT2D eigenvalue weighted by atomic mass is 10.3. The lowest BCUT2D eigenvalue weighted by molar-refractivity contribution is -0.118. The Balaban J connectivity index is 2.85. The van der Waals surface area contributed by atoms with Crippen LogP contribution in [0.25, 0.3) is 0 Å². The van der Waals surface area contributed by atoms with Crippen LogP contribution < -0.4 is 0 Å². The molecule has 0 aliphatic carbocycles. The third-order valence-electron chi connectivity index (χ3n) is 1.03. The summed E-state index contributed by atoms with van der Waals surface area (Å²) in [5.41, 5.74) is 0. The van der Waals surface area contributed by atoms with Gasteiger partial charge in [0.25, 0.3) is 0 Å². The van der Waals surface area contributed by atoms with E-state index in [0.717, 1.165) is 12.4 Å². The second-order valence-corrected chi connectivity index (χ2v) is 4.74. The molecule has 0 aromatic rings. The summed E-state index contributed by atoms with van der Waals surface area (Å²) in [5, 5.41) is 0. The number of hydrogen-bond acceptors (Lipinski definition) is 4. The molecule has 0 rings (SSSR count). The highest BCUT2D eigenvalue weighted by molar-refractivity contribution is 8.76. The average Bonchev–Trinajstić information content (AvgIpc) is 1.96. The van der Waals surface area contributed by atoms with Crippen LogP contribution in [0.5, 0.6) is 0 Å². The zero-order chi connectivity index (χ0) is 8.53. The zero-order valence-corrected chi connectivity index (χ0v) is 8.59. The van der Waals surface area contributed by atoms with Gasteiger partial charge in [0.2, 0.25) is 0 Å². The number of rotatable bonds is 7. The molecule has 0 amide bonds. The summed E-state index contributed by atoms with van der Waals surface area (Å²) < 4.78 is 5.19. The summed E-state index contributed by atoms with van der Waals surface area (Å²) in [6, 6.07) is 0. The van der Waals surface area contributed by atoms with Crippen LogP contribution in [0.4, 0.5) is 0 Å². The molecule has 0 atom stereocenters. The minimum absolute atomic E-state index is 0.197. The van der Waals surface area contributed by atoms with Crippen LogP contribution in [0.3, 0.4) is 0 Å². The molecule has 66 valence electrons. The van der Waals surface area contributed by atoms with Gasteiger partial charge in [-0.3, -0.25) is 4.79 Å². The molecule has 0 aromatic carbocycles. The Bertz CT molecular complexity index is 107. The Hall–Kier alpha value is 0.330. The summed E-state index contributed by atoms with van der Waals surface area (Å²) >= 11 is 0. The summed E-state index contributed by atoms with van der Waals surface area (Å²) in [5.74, 6) is 1.20. The highest BCUT2D eigenvalue weighted by atomic mass is 33.1. The zero-order valence-electron chi connectivity index (χ0n) is 6.96. The molecule has 0 bridgehead atoms. The van der Waals surface area contributed by atoms with E-state index in [2.05, 4.69) is 0 Å². The van der Waals surface area contributed by atoms with Crippen molar-refractivity contribution in [3.05, 3.63) is 0 Å². The Kier molecular flexibility index (Phi) is 8.68. The highest BCUT2D eigenvalue weighted by Crippen LogP contribution is 2.15. The van der Waals surface area contributed by atoms with E-state index < -0.39 is 0 Å². The minimum atomic E-state index is 0.197. The molecule has 0 aromatic heterocycles. The van der Waals surface area contributed by atoms with Crippen LogP contribution in [-0.2, 0) is 9.53 Å². The van der Waals surface area contributed by atoms with Crippen molar-refractivity contribution in [3.8, 4) is 0 Å². The van der Waals surface area contributed by atoms with E-state index in [9.17, 15) is 4.79 Å². The quantitative estimate of drug-likeness (QED) is 0.457. The summed E-state index contributed by atoms with van der Waals surface area (Å²) in [4.78, 5) is 10.4. The van der Waals surface area contributed by atoms with Crippen molar-refractivity contribution in [2.45, 2.75) is 13.3 Å². The van der Waals surface area contributed by atoms with Crippen LogP contribution in [0.1, 0.15) is 13.3 Å². The minimum Gasteiger partial charge on any atom is -0.380 e. The van der Waals surface area contributed by atoms with E-state index >= 15 is 0 Å². The maximum atomic E-state index is 10.4. The van der Waals surface area contributed by atoms with Gasteiger partial charge >= 0.3 is 0 Å². The van der Waals surface area contributed by atoms with Gasteiger partial charge in [0.15, 0.2) is 0 Å². The fourth-order valence-corrected chi connectivity index (χ4v) is 1.55. The fraction of sp³-hybridized carbons (Fsp3) is 0.857. The first-order valence-electron chi connectivity index (χ1n) is 3.50. The van der Waals surface area contributed by atoms with E-state index in [-0.39, 0.29) is 5.78 Å². The molecule has 0 radical (unpaired) electrons. The molecular formula is C7H14O2S2. The molecule has 0 spiro atoms.